The van der Waals surface area contributed by atoms with E-state index in [2.05, 4.69) is 41.4 Å². The lowest BCUT2D eigenvalue weighted by atomic mass is 9.70. The van der Waals surface area contributed by atoms with Crippen molar-refractivity contribution in [1.82, 2.24) is 10.2 Å². The summed E-state index contributed by atoms with van der Waals surface area (Å²) < 4.78 is 0. The number of hydrogen-bond acceptors (Lipinski definition) is 2. The molecule has 1 amide bonds. The highest BCUT2D eigenvalue weighted by molar-refractivity contribution is 5.89. The van der Waals surface area contributed by atoms with Crippen LogP contribution in [0.2, 0.25) is 0 Å². The van der Waals surface area contributed by atoms with Gasteiger partial charge in [0.25, 0.3) is 0 Å². The topological polar surface area (TPSA) is 32.3 Å². The molecule has 118 valence electrons. The highest BCUT2D eigenvalue weighted by Crippen LogP contribution is 2.41. The Morgan fingerprint density at radius 2 is 2.05 bits per heavy atom. The first-order chi connectivity index (χ1) is 10.7. The standard InChI is InChI=1S/C19H26N2O/c1-19(11-4-6-14-5-2-3-7-17(14)19)18(22)21-15-8-9-16(21)13-20-12-10-15/h2-3,5,7,15-16,20H,4,6,8-13H2,1H3. The number of benzene rings is 1. The normalized spacial score (nSPS) is 34.1. The molecule has 0 saturated carbocycles. The van der Waals surface area contributed by atoms with Crippen LogP contribution in [0.4, 0.5) is 0 Å². The molecule has 2 aliphatic heterocycles. The number of nitrogens with zero attached hydrogens (tertiary/aromatic N) is 1. The monoisotopic (exact) mass is 298 g/mol. The molecular formula is C19H26N2O. The zero-order chi connectivity index (χ0) is 15.2. The Labute approximate surface area is 133 Å². The summed E-state index contributed by atoms with van der Waals surface area (Å²) in [7, 11) is 0. The number of hydrogen-bond donors (Lipinski definition) is 1. The summed E-state index contributed by atoms with van der Waals surface area (Å²) in [5.74, 6) is 0.385. The Kier molecular flexibility index (Phi) is 3.48. The van der Waals surface area contributed by atoms with Crippen LogP contribution in [0.1, 0.15) is 50.2 Å². The number of carbonyl (C=O) groups excluding carboxylic acids is 1. The summed E-state index contributed by atoms with van der Waals surface area (Å²) in [6.45, 7) is 4.21. The van der Waals surface area contributed by atoms with Crippen molar-refractivity contribution in [3.05, 3.63) is 35.4 Å². The summed E-state index contributed by atoms with van der Waals surface area (Å²) in [6.07, 6.45) is 6.71. The summed E-state index contributed by atoms with van der Waals surface area (Å²) in [6, 6.07) is 9.45. The lowest BCUT2D eigenvalue weighted by Gasteiger charge is -2.41. The van der Waals surface area contributed by atoms with Gasteiger partial charge in [0.1, 0.15) is 0 Å². The lowest BCUT2D eigenvalue weighted by Crippen LogP contribution is -2.52. The maximum absolute atomic E-state index is 13.5. The van der Waals surface area contributed by atoms with Crippen LogP contribution in [0.15, 0.2) is 24.3 Å². The number of amides is 1. The molecule has 1 aromatic carbocycles. The van der Waals surface area contributed by atoms with E-state index in [9.17, 15) is 4.79 Å². The van der Waals surface area contributed by atoms with E-state index >= 15 is 0 Å². The molecule has 3 nitrogen and oxygen atoms in total. The summed E-state index contributed by atoms with van der Waals surface area (Å²) >= 11 is 0. The molecule has 3 atom stereocenters. The third-order valence-electron chi connectivity index (χ3n) is 6.10. The minimum atomic E-state index is -0.319. The van der Waals surface area contributed by atoms with E-state index in [0.717, 1.165) is 38.8 Å². The van der Waals surface area contributed by atoms with Gasteiger partial charge in [0, 0.05) is 18.6 Å². The second kappa shape index (κ2) is 5.38. The third kappa shape index (κ3) is 2.10. The predicted molar refractivity (Wildman–Crippen MR) is 87.9 cm³/mol. The van der Waals surface area contributed by atoms with Gasteiger partial charge in [0.2, 0.25) is 5.91 Å². The quantitative estimate of drug-likeness (QED) is 0.864. The minimum Gasteiger partial charge on any atom is -0.335 e. The third-order valence-corrected chi connectivity index (χ3v) is 6.10. The van der Waals surface area contributed by atoms with Gasteiger partial charge in [-0.2, -0.15) is 0 Å². The van der Waals surface area contributed by atoms with Crippen molar-refractivity contribution in [2.45, 2.75) is 62.9 Å². The highest BCUT2D eigenvalue weighted by Gasteiger charge is 2.47. The van der Waals surface area contributed by atoms with Crippen molar-refractivity contribution in [3.63, 3.8) is 0 Å². The second-order valence-corrected chi connectivity index (χ2v) is 7.43. The fraction of sp³-hybridized carbons (Fsp3) is 0.632. The molecule has 2 heterocycles. The molecule has 4 rings (SSSR count). The first-order valence-corrected chi connectivity index (χ1v) is 8.82. The molecule has 3 unspecified atom stereocenters. The smallest absolute Gasteiger partial charge is 0.233 e. The molecule has 2 bridgehead atoms. The fourth-order valence-corrected chi connectivity index (χ4v) is 4.86. The Balaban J connectivity index is 1.71. The van der Waals surface area contributed by atoms with Crippen LogP contribution in [-0.2, 0) is 16.6 Å². The Morgan fingerprint density at radius 3 is 2.95 bits per heavy atom. The van der Waals surface area contributed by atoms with Crippen molar-refractivity contribution in [3.8, 4) is 0 Å². The average molecular weight is 298 g/mol. The van der Waals surface area contributed by atoms with Gasteiger partial charge in [0.05, 0.1) is 5.41 Å². The van der Waals surface area contributed by atoms with Gasteiger partial charge in [-0.25, -0.2) is 0 Å². The number of fused-ring (bicyclic) bond motifs is 3. The molecule has 22 heavy (non-hydrogen) atoms. The first kappa shape index (κ1) is 14.3. The van der Waals surface area contributed by atoms with E-state index in [1.807, 2.05) is 0 Å². The van der Waals surface area contributed by atoms with Crippen molar-refractivity contribution in [2.75, 3.05) is 13.1 Å². The molecule has 2 saturated heterocycles. The van der Waals surface area contributed by atoms with Gasteiger partial charge in [-0.3, -0.25) is 4.79 Å². The van der Waals surface area contributed by atoms with Gasteiger partial charge < -0.3 is 10.2 Å². The molecule has 3 heteroatoms. The minimum absolute atomic E-state index is 0.319. The van der Waals surface area contributed by atoms with Gasteiger partial charge in [-0.05, 0) is 63.1 Å². The molecule has 0 spiro atoms. The zero-order valence-electron chi connectivity index (χ0n) is 13.5. The molecular weight excluding hydrogens is 272 g/mol. The molecule has 2 fully saturated rings. The largest absolute Gasteiger partial charge is 0.335 e. The van der Waals surface area contributed by atoms with Crippen molar-refractivity contribution >= 4 is 5.91 Å². The van der Waals surface area contributed by atoms with E-state index in [0.29, 0.717) is 18.0 Å². The van der Waals surface area contributed by atoms with Crippen molar-refractivity contribution in [2.24, 2.45) is 0 Å². The van der Waals surface area contributed by atoms with E-state index in [1.165, 1.54) is 24.0 Å². The number of carbonyl (C=O) groups is 1. The number of aryl methyl sites for hydroxylation is 1. The molecule has 0 aromatic heterocycles. The van der Waals surface area contributed by atoms with Crippen LogP contribution >= 0.6 is 0 Å². The van der Waals surface area contributed by atoms with Crippen LogP contribution < -0.4 is 5.32 Å². The Bertz CT molecular complexity index is 571. The maximum atomic E-state index is 13.5. The molecule has 1 aromatic rings. The zero-order valence-corrected chi connectivity index (χ0v) is 13.5. The van der Waals surface area contributed by atoms with Crippen molar-refractivity contribution < 1.29 is 4.79 Å². The Morgan fingerprint density at radius 1 is 1.23 bits per heavy atom. The number of rotatable bonds is 1. The van der Waals surface area contributed by atoms with Gasteiger partial charge in [-0.1, -0.05) is 24.3 Å². The van der Waals surface area contributed by atoms with E-state index < -0.39 is 0 Å². The SMILES string of the molecule is CC1(C(=O)N2C3CCNCC2CC3)CCCc2ccccc21. The van der Waals surface area contributed by atoms with Crippen LogP contribution in [0, 0.1) is 0 Å². The van der Waals surface area contributed by atoms with E-state index in [4.69, 9.17) is 0 Å². The Hall–Kier alpha value is -1.35. The van der Waals surface area contributed by atoms with Crippen LogP contribution in [0.25, 0.3) is 0 Å². The van der Waals surface area contributed by atoms with Gasteiger partial charge in [-0.15, -0.1) is 0 Å². The van der Waals surface area contributed by atoms with Gasteiger partial charge in [0.15, 0.2) is 0 Å². The predicted octanol–water partition coefficient (Wildman–Crippen LogP) is 2.63. The molecule has 1 N–H and O–H groups in total. The van der Waals surface area contributed by atoms with Gasteiger partial charge >= 0.3 is 0 Å². The van der Waals surface area contributed by atoms with Crippen molar-refractivity contribution in [1.29, 1.82) is 0 Å². The highest BCUT2D eigenvalue weighted by atomic mass is 16.2. The molecule has 0 radical (unpaired) electrons. The van der Waals surface area contributed by atoms with E-state index in [-0.39, 0.29) is 5.41 Å². The van der Waals surface area contributed by atoms with Crippen LogP contribution in [0.3, 0.4) is 0 Å². The molecule has 3 aliphatic rings. The summed E-state index contributed by atoms with van der Waals surface area (Å²) in [5.41, 5.74) is 2.34. The lowest BCUT2D eigenvalue weighted by molar-refractivity contribution is -0.140. The van der Waals surface area contributed by atoms with Crippen LogP contribution in [0.5, 0.6) is 0 Å². The maximum Gasteiger partial charge on any atom is 0.233 e. The average Bonchev–Trinajstić information content (AvgIpc) is 2.80. The summed E-state index contributed by atoms with van der Waals surface area (Å²) in [5, 5.41) is 3.50. The second-order valence-electron chi connectivity index (χ2n) is 7.43. The number of nitrogens with one attached hydrogen (secondary N) is 1. The van der Waals surface area contributed by atoms with Crippen LogP contribution in [-0.4, -0.2) is 36.0 Å². The first-order valence-electron chi connectivity index (χ1n) is 8.82. The molecule has 1 aliphatic carbocycles. The summed E-state index contributed by atoms with van der Waals surface area (Å²) in [4.78, 5) is 15.8. The fourth-order valence-electron chi connectivity index (χ4n) is 4.86. The van der Waals surface area contributed by atoms with E-state index in [1.54, 1.807) is 0 Å².